The van der Waals surface area contributed by atoms with Gasteiger partial charge >= 0.3 is 0 Å². The van der Waals surface area contributed by atoms with Crippen molar-refractivity contribution in [2.24, 2.45) is 0 Å². The summed E-state index contributed by atoms with van der Waals surface area (Å²) in [7, 11) is 0. The zero-order chi connectivity index (χ0) is 14.5. The van der Waals surface area contributed by atoms with Crippen molar-refractivity contribution in [3.63, 3.8) is 0 Å². The molecule has 0 saturated carbocycles. The number of anilines is 1. The van der Waals surface area contributed by atoms with Crippen LogP contribution in [0.2, 0.25) is 10.0 Å². The molecule has 2 aromatic rings. The number of thioether (sulfide) groups is 1. The topological polar surface area (TPSA) is 42.0 Å². The van der Waals surface area contributed by atoms with E-state index in [1.165, 1.54) is 11.8 Å². The molecule has 1 aromatic carbocycles. The minimum Gasteiger partial charge on any atom is -0.325 e. The van der Waals surface area contributed by atoms with E-state index < -0.39 is 0 Å². The van der Waals surface area contributed by atoms with E-state index in [1.807, 2.05) is 19.1 Å². The Labute approximate surface area is 131 Å². The Morgan fingerprint density at radius 2 is 2.10 bits per heavy atom. The lowest BCUT2D eigenvalue weighted by Crippen LogP contribution is -2.14. The van der Waals surface area contributed by atoms with Crippen LogP contribution in [0.25, 0.3) is 0 Å². The third-order valence-electron chi connectivity index (χ3n) is 2.51. The molecular formula is C14H12Cl2N2OS. The molecule has 0 radical (unpaired) electrons. The number of hydrogen-bond acceptors (Lipinski definition) is 3. The number of carbonyl (C=O) groups is 1. The van der Waals surface area contributed by atoms with Gasteiger partial charge in [-0.15, -0.1) is 0 Å². The standard InChI is InChI=1S/C14H12Cl2N2OS/c1-9-2-4-11(6-12(9)16)18-13(19)8-20-14-5-3-10(15)7-17-14/h2-7H,8H2,1H3,(H,18,19). The predicted octanol–water partition coefficient (Wildman–Crippen LogP) is 4.43. The van der Waals surface area contributed by atoms with E-state index in [0.29, 0.717) is 15.7 Å². The van der Waals surface area contributed by atoms with Gasteiger partial charge in [-0.3, -0.25) is 4.79 Å². The van der Waals surface area contributed by atoms with Gasteiger partial charge in [0.05, 0.1) is 15.8 Å². The van der Waals surface area contributed by atoms with Gasteiger partial charge in [0.15, 0.2) is 0 Å². The lowest BCUT2D eigenvalue weighted by Gasteiger charge is -2.06. The second-order valence-corrected chi connectivity index (χ2v) is 5.95. The Hall–Kier alpha value is -1.23. The first-order valence-corrected chi connectivity index (χ1v) is 7.59. The minimum atomic E-state index is -0.105. The van der Waals surface area contributed by atoms with Crippen LogP contribution >= 0.6 is 35.0 Å². The van der Waals surface area contributed by atoms with E-state index in [1.54, 1.807) is 24.4 Å². The number of pyridine rings is 1. The molecule has 1 heterocycles. The Kier molecular flexibility index (Phi) is 5.29. The number of nitrogens with one attached hydrogen (secondary N) is 1. The van der Waals surface area contributed by atoms with Crippen molar-refractivity contribution in [3.8, 4) is 0 Å². The third kappa shape index (κ3) is 4.40. The summed E-state index contributed by atoms with van der Waals surface area (Å²) in [5, 5.41) is 4.76. The highest BCUT2D eigenvalue weighted by atomic mass is 35.5. The van der Waals surface area contributed by atoms with Crippen molar-refractivity contribution < 1.29 is 4.79 Å². The molecule has 6 heteroatoms. The summed E-state index contributed by atoms with van der Waals surface area (Å²) in [5.41, 5.74) is 1.67. The largest absolute Gasteiger partial charge is 0.325 e. The van der Waals surface area contributed by atoms with Crippen LogP contribution < -0.4 is 5.32 Å². The predicted molar refractivity (Wildman–Crippen MR) is 84.8 cm³/mol. The van der Waals surface area contributed by atoms with E-state index in [2.05, 4.69) is 10.3 Å². The summed E-state index contributed by atoms with van der Waals surface area (Å²) >= 11 is 13.1. The smallest absolute Gasteiger partial charge is 0.234 e. The number of hydrogen-bond donors (Lipinski definition) is 1. The molecule has 0 atom stereocenters. The third-order valence-corrected chi connectivity index (χ3v) is 4.08. The Morgan fingerprint density at radius 1 is 1.30 bits per heavy atom. The summed E-state index contributed by atoms with van der Waals surface area (Å²) < 4.78 is 0. The molecule has 0 bridgehead atoms. The molecule has 1 amide bonds. The normalized spacial score (nSPS) is 10.3. The van der Waals surface area contributed by atoms with Crippen molar-refractivity contribution in [1.82, 2.24) is 4.98 Å². The Balaban J connectivity index is 1.89. The fourth-order valence-electron chi connectivity index (χ4n) is 1.45. The van der Waals surface area contributed by atoms with Crippen molar-refractivity contribution >= 4 is 46.6 Å². The molecule has 0 spiro atoms. The van der Waals surface area contributed by atoms with Gasteiger partial charge < -0.3 is 5.32 Å². The number of nitrogens with zero attached hydrogens (tertiary/aromatic N) is 1. The lowest BCUT2D eigenvalue weighted by molar-refractivity contribution is -0.113. The summed E-state index contributed by atoms with van der Waals surface area (Å²) in [6.07, 6.45) is 1.56. The van der Waals surface area contributed by atoms with E-state index in [9.17, 15) is 4.79 Å². The number of carbonyl (C=O) groups excluding carboxylic acids is 1. The van der Waals surface area contributed by atoms with Crippen molar-refractivity contribution in [2.45, 2.75) is 11.9 Å². The van der Waals surface area contributed by atoms with Crippen LogP contribution in [0.3, 0.4) is 0 Å². The van der Waals surface area contributed by atoms with E-state index in [0.717, 1.165) is 10.6 Å². The number of amides is 1. The molecule has 104 valence electrons. The summed E-state index contributed by atoms with van der Waals surface area (Å²) in [6, 6.07) is 8.95. The minimum absolute atomic E-state index is 0.105. The molecule has 1 N–H and O–H groups in total. The monoisotopic (exact) mass is 326 g/mol. The van der Waals surface area contributed by atoms with Crippen LogP contribution in [0.1, 0.15) is 5.56 Å². The zero-order valence-electron chi connectivity index (χ0n) is 10.7. The molecule has 0 unspecified atom stereocenters. The van der Waals surface area contributed by atoms with Crippen LogP contribution in [0.15, 0.2) is 41.6 Å². The number of benzene rings is 1. The van der Waals surface area contributed by atoms with E-state index >= 15 is 0 Å². The van der Waals surface area contributed by atoms with Crippen LogP contribution in [0, 0.1) is 6.92 Å². The van der Waals surface area contributed by atoms with Gasteiger partial charge in [0.2, 0.25) is 5.91 Å². The lowest BCUT2D eigenvalue weighted by atomic mass is 10.2. The van der Waals surface area contributed by atoms with Gasteiger partial charge in [0, 0.05) is 16.9 Å². The zero-order valence-corrected chi connectivity index (χ0v) is 13.0. The maximum Gasteiger partial charge on any atom is 0.234 e. The molecule has 2 rings (SSSR count). The highest BCUT2D eigenvalue weighted by Gasteiger charge is 2.05. The first-order chi connectivity index (χ1) is 9.54. The maximum absolute atomic E-state index is 11.8. The average molecular weight is 327 g/mol. The van der Waals surface area contributed by atoms with Crippen molar-refractivity contribution in [1.29, 1.82) is 0 Å². The Morgan fingerprint density at radius 3 is 2.75 bits per heavy atom. The first-order valence-electron chi connectivity index (χ1n) is 5.85. The summed E-state index contributed by atoms with van der Waals surface area (Å²) in [6.45, 7) is 1.91. The second-order valence-electron chi connectivity index (χ2n) is 4.12. The van der Waals surface area contributed by atoms with E-state index in [4.69, 9.17) is 23.2 Å². The molecule has 1 aromatic heterocycles. The number of aromatic nitrogens is 1. The van der Waals surface area contributed by atoms with Gasteiger partial charge in [-0.25, -0.2) is 4.98 Å². The molecule has 0 saturated heterocycles. The van der Waals surface area contributed by atoms with Gasteiger partial charge in [-0.2, -0.15) is 0 Å². The van der Waals surface area contributed by atoms with Gasteiger partial charge in [0.1, 0.15) is 0 Å². The van der Waals surface area contributed by atoms with Crippen LogP contribution in [-0.2, 0) is 4.79 Å². The molecule has 20 heavy (non-hydrogen) atoms. The molecule has 3 nitrogen and oxygen atoms in total. The quantitative estimate of drug-likeness (QED) is 0.845. The second kappa shape index (κ2) is 6.97. The maximum atomic E-state index is 11.8. The summed E-state index contributed by atoms with van der Waals surface area (Å²) in [5.74, 6) is 0.173. The van der Waals surface area contributed by atoms with Crippen molar-refractivity contribution in [2.75, 3.05) is 11.1 Å². The van der Waals surface area contributed by atoms with Crippen molar-refractivity contribution in [3.05, 3.63) is 52.1 Å². The molecular weight excluding hydrogens is 315 g/mol. The Bertz CT molecular complexity index is 617. The summed E-state index contributed by atoms with van der Waals surface area (Å²) in [4.78, 5) is 15.9. The van der Waals surface area contributed by atoms with Gasteiger partial charge in [-0.1, -0.05) is 41.0 Å². The molecule has 0 aliphatic heterocycles. The van der Waals surface area contributed by atoms with Gasteiger partial charge in [-0.05, 0) is 36.8 Å². The SMILES string of the molecule is Cc1ccc(NC(=O)CSc2ccc(Cl)cn2)cc1Cl. The molecule has 0 fully saturated rings. The van der Waals surface area contributed by atoms with Gasteiger partial charge in [0.25, 0.3) is 0 Å². The fourth-order valence-corrected chi connectivity index (χ4v) is 2.39. The fraction of sp³-hybridized carbons (Fsp3) is 0.143. The van der Waals surface area contributed by atoms with E-state index in [-0.39, 0.29) is 11.7 Å². The molecule has 0 aliphatic carbocycles. The van der Waals surface area contributed by atoms with Crippen LogP contribution in [0.4, 0.5) is 5.69 Å². The molecule has 0 aliphatic rings. The number of rotatable bonds is 4. The highest BCUT2D eigenvalue weighted by molar-refractivity contribution is 7.99. The highest BCUT2D eigenvalue weighted by Crippen LogP contribution is 2.21. The average Bonchev–Trinajstić information content (AvgIpc) is 2.42. The first kappa shape index (κ1) is 15.2. The van der Waals surface area contributed by atoms with Crippen LogP contribution in [0.5, 0.6) is 0 Å². The number of aryl methyl sites for hydroxylation is 1. The van der Waals surface area contributed by atoms with Crippen LogP contribution in [-0.4, -0.2) is 16.6 Å². The number of halogens is 2.